The number of hydrogen-bond acceptors (Lipinski definition) is 5. The average Bonchev–Trinajstić information content (AvgIpc) is 3.01. The Labute approximate surface area is 103 Å². The fourth-order valence-corrected chi connectivity index (χ4v) is 2.84. The van der Waals surface area contributed by atoms with E-state index in [1.807, 2.05) is 4.90 Å². The summed E-state index contributed by atoms with van der Waals surface area (Å²) >= 11 is 1.30. The molecule has 0 N–H and O–H groups in total. The van der Waals surface area contributed by atoms with Crippen molar-refractivity contribution in [2.24, 2.45) is 0 Å². The zero-order valence-electron chi connectivity index (χ0n) is 9.42. The van der Waals surface area contributed by atoms with Gasteiger partial charge in [-0.1, -0.05) is 0 Å². The van der Waals surface area contributed by atoms with E-state index in [2.05, 4.69) is 4.37 Å². The van der Waals surface area contributed by atoms with Crippen molar-refractivity contribution in [1.29, 1.82) is 0 Å². The minimum atomic E-state index is -0.413. The van der Waals surface area contributed by atoms with Gasteiger partial charge < -0.3 is 14.4 Å². The number of piperidine rings is 1. The summed E-state index contributed by atoms with van der Waals surface area (Å²) in [6, 6.07) is 0. The first-order valence-corrected chi connectivity index (χ1v) is 6.59. The topological polar surface area (TPSA) is 51.7 Å². The first kappa shape index (κ1) is 11.1. The second-order valence-electron chi connectivity index (χ2n) is 4.31. The van der Waals surface area contributed by atoms with Gasteiger partial charge in [0.05, 0.1) is 25.0 Å². The number of ether oxygens (including phenoxy) is 2. The second-order valence-corrected chi connectivity index (χ2v) is 4.97. The second kappa shape index (κ2) is 4.36. The van der Waals surface area contributed by atoms with E-state index in [-0.39, 0.29) is 5.91 Å². The SMILES string of the molecule is O=C(c1cnsc1)N1CCC2(CC1)OCCO2. The van der Waals surface area contributed by atoms with Crippen molar-refractivity contribution in [2.45, 2.75) is 18.6 Å². The van der Waals surface area contributed by atoms with Crippen LogP contribution in [-0.4, -0.2) is 47.3 Å². The maximum absolute atomic E-state index is 12.1. The van der Waals surface area contributed by atoms with E-state index in [0.717, 1.165) is 12.8 Å². The van der Waals surface area contributed by atoms with Crippen LogP contribution in [0, 0.1) is 0 Å². The summed E-state index contributed by atoms with van der Waals surface area (Å²) in [6.07, 6.45) is 3.15. The van der Waals surface area contributed by atoms with E-state index in [1.165, 1.54) is 11.5 Å². The highest BCUT2D eigenvalue weighted by atomic mass is 32.1. The molecule has 1 aromatic heterocycles. The molecular weight excluding hydrogens is 240 g/mol. The molecule has 0 atom stereocenters. The first-order valence-electron chi connectivity index (χ1n) is 5.76. The van der Waals surface area contributed by atoms with E-state index >= 15 is 0 Å². The van der Waals surface area contributed by atoms with Crippen LogP contribution in [-0.2, 0) is 9.47 Å². The van der Waals surface area contributed by atoms with Gasteiger partial charge >= 0.3 is 0 Å². The summed E-state index contributed by atoms with van der Waals surface area (Å²) in [5, 5.41) is 1.79. The molecule has 0 unspecified atom stereocenters. The number of amides is 1. The van der Waals surface area contributed by atoms with Crippen molar-refractivity contribution in [2.75, 3.05) is 26.3 Å². The van der Waals surface area contributed by atoms with Crippen LogP contribution in [0.1, 0.15) is 23.2 Å². The Morgan fingerprint density at radius 3 is 2.65 bits per heavy atom. The molecule has 1 amide bonds. The number of hydrogen-bond donors (Lipinski definition) is 0. The highest BCUT2D eigenvalue weighted by Gasteiger charge is 2.40. The number of carbonyl (C=O) groups excluding carboxylic acids is 1. The van der Waals surface area contributed by atoms with Crippen molar-refractivity contribution >= 4 is 17.4 Å². The molecule has 2 saturated heterocycles. The smallest absolute Gasteiger partial charge is 0.256 e. The summed E-state index contributed by atoms with van der Waals surface area (Å²) < 4.78 is 15.2. The van der Waals surface area contributed by atoms with Crippen molar-refractivity contribution in [1.82, 2.24) is 9.27 Å². The number of aromatic nitrogens is 1. The van der Waals surface area contributed by atoms with Crippen LogP contribution in [0.15, 0.2) is 11.6 Å². The number of rotatable bonds is 1. The number of likely N-dealkylation sites (tertiary alicyclic amines) is 1. The lowest BCUT2D eigenvalue weighted by Crippen LogP contribution is -2.47. The minimum Gasteiger partial charge on any atom is -0.347 e. The van der Waals surface area contributed by atoms with Crippen LogP contribution in [0.4, 0.5) is 0 Å². The van der Waals surface area contributed by atoms with Crippen LogP contribution < -0.4 is 0 Å². The van der Waals surface area contributed by atoms with Gasteiger partial charge in [0.15, 0.2) is 5.79 Å². The molecule has 2 fully saturated rings. The van der Waals surface area contributed by atoms with Gasteiger partial charge in [-0.3, -0.25) is 4.79 Å². The number of carbonyl (C=O) groups is 1. The Kier molecular flexibility index (Phi) is 2.85. The highest BCUT2D eigenvalue weighted by Crippen LogP contribution is 2.31. The third kappa shape index (κ3) is 2.08. The largest absolute Gasteiger partial charge is 0.347 e. The minimum absolute atomic E-state index is 0.0617. The van der Waals surface area contributed by atoms with E-state index in [9.17, 15) is 4.79 Å². The Balaban J connectivity index is 1.63. The first-order chi connectivity index (χ1) is 8.29. The fourth-order valence-electron chi connectivity index (χ4n) is 2.33. The molecule has 2 aliphatic rings. The normalized spacial score (nSPS) is 23.2. The van der Waals surface area contributed by atoms with Gasteiger partial charge in [-0.2, -0.15) is 0 Å². The molecule has 3 heterocycles. The lowest BCUT2D eigenvalue weighted by atomic mass is 10.0. The lowest BCUT2D eigenvalue weighted by Gasteiger charge is -2.37. The third-order valence-electron chi connectivity index (χ3n) is 3.31. The zero-order valence-corrected chi connectivity index (χ0v) is 10.2. The van der Waals surface area contributed by atoms with Crippen molar-refractivity contribution in [3.8, 4) is 0 Å². The van der Waals surface area contributed by atoms with E-state index in [0.29, 0.717) is 31.9 Å². The molecule has 2 aliphatic heterocycles. The summed E-state index contributed by atoms with van der Waals surface area (Å²) in [5.41, 5.74) is 0.680. The molecule has 17 heavy (non-hydrogen) atoms. The molecule has 0 saturated carbocycles. The molecule has 3 rings (SSSR count). The van der Waals surface area contributed by atoms with Gasteiger partial charge in [-0.15, -0.1) is 0 Å². The maximum Gasteiger partial charge on any atom is 0.256 e. The van der Waals surface area contributed by atoms with Gasteiger partial charge in [-0.25, -0.2) is 4.37 Å². The van der Waals surface area contributed by atoms with Crippen molar-refractivity contribution in [3.63, 3.8) is 0 Å². The predicted octanol–water partition coefficient (Wildman–Crippen LogP) is 1.12. The van der Waals surface area contributed by atoms with Gasteiger partial charge in [0.1, 0.15) is 0 Å². The van der Waals surface area contributed by atoms with Gasteiger partial charge in [0.2, 0.25) is 0 Å². The summed E-state index contributed by atoms with van der Waals surface area (Å²) in [4.78, 5) is 13.9. The summed E-state index contributed by atoms with van der Waals surface area (Å²) in [7, 11) is 0. The van der Waals surface area contributed by atoms with Crippen LogP contribution in [0.5, 0.6) is 0 Å². The van der Waals surface area contributed by atoms with E-state index in [4.69, 9.17) is 9.47 Å². The molecule has 0 radical (unpaired) electrons. The summed E-state index contributed by atoms with van der Waals surface area (Å²) in [6.45, 7) is 2.72. The predicted molar refractivity (Wildman–Crippen MR) is 61.9 cm³/mol. The molecule has 1 aromatic rings. The Hall–Kier alpha value is -0.980. The Bertz CT molecular complexity index is 391. The van der Waals surface area contributed by atoms with Crippen LogP contribution in [0.3, 0.4) is 0 Å². The molecular formula is C11H14N2O3S. The zero-order chi connectivity index (χ0) is 11.7. The molecule has 0 aliphatic carbocycles. The molecule has 1 spiro atoms. The quantitative estimate of drug-likeness (QED) is 0.753. The Morgan fingerprint density at radius 2 is 2.06 bits per heavy atom. The van der Waals surface area contributed by atoms with Gasteiger partial charge in [0.25, 0.3) is 5.91 Å². The van der Waals surface area contributed by atoms with Crippen LogP contribution in [0.25, 0.3) is 0 Å². The monoisotopic (exact) mass is 254 g/mol. The molecule has 92 valence electrons. The van der Waals surface area contributed by atoms with Crippen molar-refractivity contribution in [3.05, 3.63) is 17.1 Å². The molecule has 0 aromatic carbocycles. The fraction of sp³-hybridized carbons (Fsp3) is 0.636. The maximum atomic E-state index is 12.1. The summed E-state index contributed by atoms with van der Waals surface area (Å²) in [5.74, 6) is -0.351. The molecule has 5 nitrogen and oxygen atoms in total. The van der Waals surface area contributed by atoms with Crippen LogP contribution >= 0.6 is 11.5 Å². The van der Waals surface area contributed by atoms with Gasteiger partial charge in [0, 0.05) is 31.3 Å². The molecule has 6 heteroatoms. The van der Waals surface area contributed by atoms with E-state index < -0.39 is 5.79 Å². The Morgan fingerprint density at radius 1 is 1.35 bits per heavy atom. The van der Waals surface area contributed by atoms with E-state index in [1.54, 1.807) is 11.6 Å². The standard InChI is InChI=1S/C11H14N2O3S/c14-10(9-7-12-17-8-9)13-3-1-11(2-4-13)15-5-6-16-11/h7-8H,1-6H2. The molecule has 0 bridgehead atoms. The lowest BCUT2D eigenvalue weighted by molar-refractivity contribution is -0.181. The van der Waals surface area contributed by atoms with Gasteiger partial charge in [-0.05, 0) is 11.5 Å². The highest BCUT2D eigenvalue weighted by molar-refractivity contribution is 7.03. The third-order valence-corrected chi connectivity index (χ3v) is 3.89. The van der Waals surface area contributed by atoms with Crippen molar-refractivity contribution < 1.29 is 14.3 Å². The average molecular weight is 254 g/mol. The number of nitrogens with zero attached hydrogens (tertiary/aromatic N) is 2. The van der Waals surface area contributed by atoms with Crippen LogP contribution in [0.2, 0.25) is 0 Å².